The number of aromatic hydroxyl groups is 1. The molecule has 2 bridgehead atoms. The van der Waals surface area contributed by atoms with Crippen molar-refractivity contribution in [2.24, 2.45) is 0 Å². The van der Waals surface area contributed by atoms with E-state index < -0.39 is 5.79 Å². The molecule has 0 amide bonds. The van der Waals surface area contributed by atoms with Gasteiger partial charge in [-0.15, -0.1) is 0 Å². The molecule has 2 unspecified atom stereocenters. The highest BCUT2D eigenvalue weighted by molar-refractivity contribution is 5.78. The van der Waals surface area contributed by atoms with E-state index in [1.807, 2.05) is 36.4 Å². The minimum absolute atomic E-state index is 0.00699. The highest BCUT2D eigenvalue weighted by Gasteiger charge is 2.52. The third-order valence-corrected chi connectivity index (χ3v) is 4.37. The zero-order chi connectivity index (χ0) is 14.7. The predicted octanol–water partition coefficient (Wildman–Crippen LogP) is 2.37. The van der Waals surface area contributed by atoms with Crippen LogP contribution in [0.4, 0.5) is 0 Å². The second-order valence-corrected chi connectivity index (χ2v) is 5.75. The second kappa shape index (κ2) is 4.09. The Balaban J connectivity index is 1.82. The van der Waals surface area contributed by atoms with Crippen LogP contribution in [0.25, 0.3) is 11.0 Å². The van der Waals surface area contributed by atoms with Gasteiger partial charge in [-0.05, 0) is 12.1 Å². The summed E-state index contributed by atoms with van der Waals surface area (Å²) in [5.74, 6) is 0.0375. The van der Waals surface area contributed by atoms with E-state index in [0.29, 0.717) is 13.2 Å². The maximum atomic E-state index is 9.78. The maximum absolute atomic E-state index is 9.78. The summed E-state index contributed by atoms with van der Waals surface area (Å²) in [4.78, 5) is 4.72. The molecule has 1 aromatic heterocycles. The quantitative estimate of drug-likeness (QED) is 0.748. The molecule has 3 heterocycles. The van der Waals surface area contributed by atoms with Gasteiger partial charge in [0, 0.05) is 11.6 Å². The normalized spacial score (nSPS) is 26.3. The largest absolute Gasteiger partial charge is 0.508 e. The number of phenols is 1. The molecule has 5 nitrogen and oxygen atoms in total. The van der Waals surface area contributed by atoms with Gasteiger partial charge in [0.1, 0.15) is 11.9 Å². The van der Waals surface area contributed by atoms with Crippen LogP contribution in [-0.2, 0) is 21.8 Å². The first kappa shape index (κ1) is 12.2. The number of hydrogen-bond acceptors (Lipinski definition) is 4. The summed E-state index contributed by atoms with van der Waals surface area (Å²) in [6.45, 7) is 1.22. The Bertz CT molecular complexity index is 874. The van der Waals surface area contributed by atoms with Gasteiger partial charge in [0.15, 0.2) is 5.82 Å². The first-order chi connectivity index (χ1) is 10.8. The van der Waals surface area contributed by atoms with Gasteiger partial charge in [-0.2, -0.15) is 0 Å². The van der Waals surface area contributed by atoms with Gasteiger partial charge in [0.25, 0.3) is 5.79 Å². The van der Waals surface area contributed by atoms with Crippen LogP contribution in [0.3, 0.4) is 0 Å². The van der Waals surface area contributed by atoms with Crippen LogP contribution in [-0.4, -0.2) is 27.4 Å². The molecule has 2 aliphatic rings. The van der Waals surface area contributed by atoms with E-state index in [1.165, 1.54) is 0 Å². The third kappa shape index (κ3) is 1.47. The van der Waals surface area contributed by atoms with Crippen LogP contribution in [0.15, 0.2) is 48.5 Å². The van der Waals surface area contributed by atoms with Gasteiger partial charge in [-0.25, -0.2) is 4.98 Å². The lowest BCUT2D eigenvalue weighted by Gasteiger charge is -2.32. The summed E-state index contributed by atoms with van der Waals surface area (Å²) < 4.78 is 14.4. The summed E-state index contributed by atoms with van der Waals surface area (Å²) in [7, 11) is 0. The summed E-state index contributed by atoms with van der Waals surface area (Å²) in [6, 6.07) is 15.1. The minimum atomic E-state index is -0.946. The Morgan fingerprint density at radius 1 is 1.18 bits per heavy atom. The van der Waals surface area contributed by atoms with E-state index >= 15 is 0 Å². The van der Waals surface area contributed by atoms with E-state index in [4.69, 9.17) is 14.5 Å². The SMILES string of the molecule is Oc1ccc2nc3n(c2c1)CC1COC3(c2ccccc2)O1. The van der Waals surface area contributed by atoms with Crippen LogP contribution in [0.1, 0.15) is 11.4 Å². The van der Waals surface area contributed by atoms with Gasteiger partial charge in [-0.1, -0.05) is 30.3 Å². The van der Waals surface area contributed by atoms with Crippen molar-refractivity contribution in [2.75, 3.05) is 6.61 Å². The fraction of sp³-hybridized carbons (Fsp3) is 0.235. The molecular formula is C17H14N2O3. The lowest BCUT2D eigenvalue weighted by atomic mass is 10.0. The fourth-order valence-electron chi connectivity index (χ4n) is 3.41. The van der Waals surface area contributed by atoms with Crippen LogP contribution in [0.2, 0.25) is 0 Å². The van der Waals surface area contributed by atoms with Gasteiger partial charge in [0.2, 0.25) is 0 Å². The molecule has 1 fully saturated rings. The number of phenolic OH excluding ortho intramolecular Hbond substituents is 1. The number of fused-ring (bicyclic) bond motifs is 6. The molecule has 3 aromatic rings. The zero-order valence-corrected chi connectivity index (χ0v) is 11.8. The molecule has 1 saturated heterocycles. The summed E-state index contributed by atoms with van der Waals surface area (Å²) in [5, 5.41) is 9.78. The molecule has 5 heteroatoms. The molecule has 22 heavy (non-hydrogen) atoms. The Morgan fingerprint density at radius 3 is 2.91 bits per heavy atom. The summed E-state index contributed by atoms with van der Waals surface area (Å²) >= 11 is 0. The Labute approximate surface area is 126 Å². The van der Waals surface area contributed by atoms with Crippen molar-refractivity contribution in [3.8, 4) is 5.75 Å². The maximum Gasteiger partial charge on any atom is 0.256 e. The van der Waals surface area contributed by atoms with Gasteiger partial charge in [0.05, 0.1) is 24.2 Å². The highest BCUT2D eigenvalue weighted by atomic mass is 16.7. The lowest BCUT2D eigenvalue weighted by Crippen LogP contribution is -2.38. The van der Waals surface area contributed by atoms with E-state index in [-0.39, 0.29) is 11.9 Å². The average molecular weight is 294 g/mol. The van der Waals surface area contributed by atoms with Crippen LogP contribution in [0.5, 0.6) is 5.75 Å². The van der Waals surface area contributed by atoms with Crippen LogP contribution in [0, 0.1) is 0 Å². The second-order valence-electron chi connectivity index (χ2n) is 5.75. The summed E-state index contributed by atoms with van der Waals surface area (Å²) in [5.41, 5.74) is 2.69. The van der Waals surface area contributed by atoms with E-state index in [1.54, 1.807) is 12.1 Å². The van der Waals surface area contributed by atoms with E-state index in [9.17, 15) is 5.11 Å². The highest BCUT2D eigenvalue weighted by Crippen LogP contribution is 2.45. The molecule has 2 atom stereocenters. The van der Waals surface area contributed by atoms with Crippen molar-refractivity contribution in [2.45, 2.75) is 18.4 Å². The topological polar surface area (TPSA) is 56.5 Å². The van der Waals surface area contributed by atoms with E-state index in [0.717, 1.165) is 22.4 Å². The molecule has 2 aliphatic heterocycles. The first-order valence-corrected chi connectivity index (χ1v) is 7.33. The monoisotopic (exact) mass is 294 g/mol. The molecule has 0 saturated carbocycles. The Hall–Kier alpha value is -2.37. The number of benzene rings is 2. The molecule has 5 rings (SSSR count). The van der Waals surface area contributed by atoms with Crippen molar-refractivity contribution < 1.29 is 14.6 Å². The number of imidazole rings is 1. The number of nitrogens with zero attached hydrogens (tertiary/aromatic N) is 2. The molecule has 110 valence electrons. The lowest BCUT2D eigenvalue weighted by molar-refractivity contribution is -0.162. The molecular weight excluding hydrogens is 280 g/mol. The fourth-order valence-corrected chi connectivity index (χ4v) is 3.41. The van der Waals surface area contributed by atoms with E-state index in [2.05, 4.69) is 4.57 Å². The molecule has 1 N–H and O–H groups in total. The number of aromatic nitrogens is 2. The Morgan fingerprint density at radius 2 is 2.05 bits per heavy atom. The van der Waals surface area contributed by atoms with Crippen molar-refractivity contribution in [1.29, 1.82) is 0 Å². The standard InChI is InChI=1S/C17H14N2O3/c20-12-6-7-14-15(8-12)19-9-13-10-21-17(22-13,16(19)18-14)11-4-2-1-3-5-11/h1-8,13,20H,9-10H2. The van der Waals surface area contributed by atoms with Crippen molar-refractivity contribution in [3.05, 3.63) is 59.9 Å². The molecule has 0 spiro atoms. The zero-order valence-electron chi connectivity index (χ0n) is 11.8. The van der Waals surface area contributed by atoms with Gasteiger partial charge < -0.3 is 19.1 Å². The Kier molecular flexibility index (Phi) is 2.27. The number of rotatable bonds is 1. The van der Waals surface area contributed by atoms with Crippen molar-refractivity contribution >= 4 is 11.0 Å². The first-order valence-electron chi connectivity index (χ1n) is 7.33. The summed E-state index contributed by atoms with van der Waals surface area (Å²) in [6.07, 6.45) is -0.00699. The molecule has 0 radical (unpaired) electrons. The van der Waals surface area contributed by atoms with Crippen molar-refractivity contribution in [1.82, 2.24) is 9.55 Å². The number of hydrogen-bond donors (Lipinski definition) is 1. The van der Waals surface area contributed by atoms with Gasteiger partial charge >= 0.3 is 0 Å². The molecule has 0 aliphatic carbocycles. The smallest absolute Gasteiger partial charge is 0.256 e. The molecule has 2 aromatic carbocycles. The minimum Gasteiger partial charge on any atom is -0.508 e. The predicted molar refractivity (Wildman–Crippen MR) is 79.4 cm³/mol. The van der Waals surface area contributed by atoms with Crippen LogP contribution < -0.4 is 0 Å². The van der Waals surface area contributed by atoms with Crippen molar-refractivity contribution in [3.63, 3.8) is 0 Å². The average Bonchev–Trinajstić information content (AvgIpc) is 3.10. The van der Waals surface area contributed by atoms with Crippen LogP contribution >= 0.6 is 0 Å². The third-order valence-electron chi connectivity index (χ3n) is 4.37. The van der Waals surface area contributed by atoms with Gasteiger partial charge in [-0.3, -0.25) is 0 Å². The number of ether oxygens (including phenoxy) is 2.